The molecule has 18 heavy (non-hydrogen) atoms. The van der Waals surface area contributed by atoms with Gasteiger partial charge in [-0.2, -0.15) is 0 Å². The van der Waals surface area contributed by atoms with Gasteiger partial charge in [0.05, 0.1) is 5.51 Å². The summed E-state index contributed by atoms with van der Waals surface area (Å²) in [7, 11) is 1.95. The zero-order valence-corrected chi connectivity index (χ0v) is 12.3. The van der Waals surface area contributed by atoms with Crippen LogP contribution in [0.3, 0.4) is 0 Å². The van der Waals surface area contributed by atoms with Crippen molar-refractivity contribution in [3.05, 3.63) is 50.4 Å². The molecule has 1 atom stereocenters. The highest BCUT2D eigenvalue weighted by molar-refractivity contribution is 7.09. The predicted molar refractivity (Wildman–Crippen MR) is 78.8 cm³/mol. The van der Waals surface area contributed by atoms with Crippen LogP contribution in [-0.2, 0) is 12.8 Å². The maximum Gasteiger partial charge on any atom is 0.0794 e. The minimum atomic E-state index is 0.308. The van der Waals surface area contributed by atoms with Crippen molar-refractivity contribution in [2.24, 2.45) is 0 Å². The number of nitrogens with one attached hydrogen (secondary N) is 1. The Kier molecular flexibility index (Phi) is 5.01. The van der Waals surface area contributed by atoms with E-state index in [1.165, 1.54) is 4.88 Å². The Bertz CT molecular complexity index is 479. The lowest BCUT2D eigenvalue weighted by Crippen LogP contribution is -2.29. The van der Waals surface area contributed by atoms with Crippen LogP contribution < -0.4 is 5.32 Å². The van der Waals surface area contributed by atoms with Crippen LogP contribution in [0.5, 0.6) is 0 Å². The first-order valence-electron chi connectivity index (χ1n) is 5.68. The molecule has 1 heterocycles. The fraction of sp³-hybridized carbons (Fsp3) is 0.308. The molecule has 5 heteroatoms. The quantitative estimate of drug-likeness (QED) is 0.908. The minimum Gasteiger partial charge on any atom is -0.316 e. The van der Waals surface area contributed by atoms with Gasteiger partial charge < -0.3 is 5.32 Å². The number of nitrogens with zero attached hydrogens (tertiary/aromatic N) is 1. The van der Waals surface area contributed by atoms with Crippen molar-refractivity contribution >= 4 is 34.5 Å². The normalized spacial score (nSPS) is 12.6. The number of rotatable bonds is 5. The molecule has 96 valence electrons. The second-order valence-electron chi connectivity index (χ2n) is 4.06. The summed E-state index contributed by atoms with van der Waals surface area (Å²) >= 11 is 14.0. The van der Waals surface area contributed by atoms with E-state index in [0.29, 0.717) is 6.04 Å². The lowest BCUT2D eigenvalue weighted by molar-refractivity contribution is 0.560. The molecule has 2 rings (SSSR count). The average molecular weight is 301 g/mol. The summed E-state index contributed by atoms with van der Waals surface area (Å²) in [5.74, 6) is 0. The molecule has 0 bridgehead atoms. The second-order valence-corrected chi connectivity index (χ2v) is 5.85. The SMILES string of the molecule is CNC(Cc1cncs1)Cc1c(Cl)cccc1Cl. The first kappa shape index (κ1) is 13.8. The number of hydrogen-bond acceptors (Lipinski definition) is 3. The van der Waals surface area contributed by atoms with Gasteiger partial charge >= 0.3 is 0 Å². The fourth-order valence-electron chi connectivity index (χ4n) is 1.84. The molecule has 0 radical (unpaired) electrons. The average Bonchev–Trinajstić information content (AvgIpc) is 2.85. The van der Waals surface area contributed by atoms with Gasteiger partial charge in [0.25, 0.3) is 0 Å². The molecule has 0 aliphatic rings. The Morgan fingerprint density at radius 2 is 2.00 bits per heavy atom. The van der Waals surface area contributed by atoms with Crippen LogP contribution in [0.1, 0.15) is 10.4 Å². The lowest BCUT2D eigenvalue weighted by Gasteiger charge is -2.17. The standard InChI is InChI=1S/C13H14Cl2N2S/c1-16-9(5-10-7-17-8-18-10)6-11-12(14)3-2-4-13(11)15/h2-4,7-9,16H,5-6H2,1H3. The third-order valence-corrected chi connectivity index (χ3v) is 4.36. The van der Waals surface area contributed by atoms with Crippen LogP contribution in [0.2, 0.25) is 10.0 Å². The number of likely N-dealkylation sites (N-methyl/N-ethyl adjacent to an activating group) is 1. The van der Waals surface area contributed by atoms with Gasteiger partial charge in [0.2, 0.25) is 0 Å². The summed E-state index contributed by atoms with van der Waals surface area (Å²) < 4.78 is 0. The van der Waals surface area contributed by atoms with Gasteiger partial charge in [0.15, 0.2) is 0 Å². The number of thiazole rings is 1. The van der Waals surface area contributed by atoms with Crippen LogP contribution in [0.4, 0.5) is 0 Å². The molecule has 0 aliphatic carbocycles. The van der Waals surface area contributed by atoms with Crippen LogP contribution in [0.25, 0.3) is 0 Å². The highest BCUT2D eigenvalue weighted by atomic mass is 35.5. The maximum atomic E-state index is 6.19. The van der Waals surface area contributed by atoms with E-state index >= 15 is 0 Å². The molecule has 2 nitrogen and oxygen atoms in total. The van der Waals surface area contributed by atoms with Crippen molar-refractivity contribution in [1.82, 2.24) is 10.3 Å². The zero-order chi connectivity index (χ0) is 13.0. The molecule has 0 saturated carbocycles. The topological polar surface area (TPSA) is 24.9 Å². The minimum absolute atomic E-state index is 0.308. The molecule has 0 aliphatic heterocycles. The van der Waals surface area contributed by atoms with Gasteiger partial charge in [0.1, 0.15) is 0 Å². The molecule has 1 aromatic carbocycles. The molecular weight excluding hydrogens is 287 g/mol. The van der Waals surface area contributed by atoms with Crippen molar-refractivity contribution in [1.29, 1.82) is 0 Å². The van der Waals surface area contributed by atoms with Crippen molar-refractivity contribution in [2.45, 2.75) is 18.9 Å². The Morgan fingerprint density at radius 3 is 2.56 bits per heavy atom. The first-order chi connectivity index (χ1) is 8.70. The van der Waals surface area contributed by atoms with Crippen LogP contribution in [0.15, 0.2) is 29.9 Å². The summed E-state index contributed by atoms with van der Waals surface area (Å²) in [6, 6.07) is 5.93. The molecule has 2 aromatic rings. The Labute approximate surface area is 121 Å². The van der Waals surface area contributed by atoms with E-state index in [2.05, 4.69) is 10.3 Å². The van der Waals surface area contributed by atoms with Crippen molar-refractivity contribution in [2.75, 3.05) is 7.05 Å². The second kappa shape index (κ2) is 6.53. The fourth-order valence-corrected chi connectivity index (χ4v) is 3.06. The van der Waals surface area contributed by atoms with Gasteiger partial charge in [-0.05, 0) is 37.6 Å². The zero-order valence-electron chi connectivity index (χ0n) is 9.99. The van der Waals surface area contributed by atoms with Crippen molar-refractivity contribution in [3.63, 3.8) is 0 Å². The van der Waals surface area contributed by atoms with Gasteiger partial charge in [0, 0.05) is 27.2 Å². The van der Waals surface area contributed by atoms with E-state index in [1.807, 2.05) is 37.0 Å². The van der Waals surface area contributed by atoms with E-state index < -0.39 is 0 Å². The highest BCUT2D eigenvalue weighted by Gasteiger charge is 2.13. The summed E-state index contributed by atoms with van der Waals surface area (Å²) in [5, 5.41) is 4.76. The van der Waals surface area contributed by atoms with E-state index in [4.69, 9.17) is 23.2 Å². The van der Waals surface area contributed by atoms with Gasteiger partial charge in [-0.1, -0.05) is 29.3 Å². The van der Waals surface area contributed by atoms with Gasteiger partial charge in [-0.3, -0.25) is 4.98 Å². The van der Waals surface area contributed by atoms with E-state index in [0.717, 1.165) is 28.5 Å². The Hall–Kier alpha value is -0.610. The molecule has 1 unspecified atom stereocenters. The molecule has 1 N–H and O–H groups in total. The first-order valence-corrected chi connectivity index (χ1v) is 7.31. The van der Waals surface area contributed by atoms with E-state index in [1.54, 1.807) is 11.3 Å². The highest BCUT2D eigenvalue weighted by Crippen LogP contribution is 2.26. The van der Waals surface area contributed by atoms with Crippen molar-refractivity contribution in [3.8, 4) is 0 Å². The van der Waals surface area contributed by atoms with Gasteiger partial charge in [-0.25, -0.2) is 0 Å². The lowest BCUT2D eigenvalue weighted by atomic mass is 10.0. The van der Waals surface area contributed by atoms with Crippen molar-refractivity contribution < 1.29 is 0 Å². The number of aromatic nitrogens is 1. The predicted octanol–water partition coefficient (Wildman–Crippen LogP) is 3.82. The number of hydrogen-bond donors (Lipinski definition) is 1. The number of halogens is 2. The summed E-state index contributed by atoms with van der Waals surface area (Å²) in [4.78, 5) is 5.35. The van der Waals surface area contributed by atoms with E-state index in [9.17, 15) is 0 Å². The molecular formula is C13H14Cl2N2S. The van der Waals surface area contributed by atoms with Crippen LogP contribution in [0, 0.1) is 0 Å². The van der Waals surface area contributed by atoms with Gasteiger partial charge in [-0.15, -0.1) is 11.3 Å². The maximum absolute atomic E-state index is 6.19. The Morgan fingerprint density at radius 1 is 1.28 bits per heavy atom. The molecule has 0 spiro atoms. The van der Waals surface area contributed by atoms with E-state index in [-0.39, 0.29) is 0 Å². The summed E-state index contributed by atoms with van der Waals surface area (Å²) in [6.07, 6.45) is 3.65. The third kappa shape index (κ3) is 3.45. The molecule has 0 saturated heterocycles. The Balaban J connectivity index is 2.10. The van der Waals surface area contributed by atoms with Crippen LogP contribution in [-0.4, -0.2) is 18.1 Å². The smallest absolute Gasteiger partial charge is 0.0794 e. The third-order valence-electron chi connectivity index (χ3n) is 2.85. The molecule has 0 amide bonds. The summed E-state index contributed by atoms with van der Waals surface area (Å²) in [6.45, 7) is 0. The molecule has 1 aromatic heterocycles. The molecule has 0 fully saturated rings. The largest absolute Gasteiger partial charge is 0.316 e. The number of benzene rings is 1. The van der Waals surface area contributed by atoms with Crippen LogP contribution >= 0.6 is 34.5 Å². The monoisotopic (exact) mass is 300 g/mol. The summed E-state index contributed by atoms with van der Waals surface area (Å²) in [5.41, 5.74) is 2.86.